The predicted octanol–water partition coefficient (Wildman–Crippen LogP) is 2.71. The summed E-state index contributed by atoms with van der Waals surface area (Å²) in [6.45, 7) is 8.42. The van der Waals surface area contributed by atoms with Gasteiger partial charge in [-0.2, -0.15) is 0 Å². The molecule has 0 amide bonds. The van der Waals surface area contributed by atoms with Gasteiger partial charge >= 0.3 is 0 Å². The van der Waals surface area contributed by atoms with Crippen molar-refractivity contribution in [3.05, 3.63) is 29.1 Å². The second-order valence-corrected chi connectivity index (χ2v) is 6.97. The molecule has 1 unspecified atom stereocenters. The van der Waals surface area contributed by atoms with Crippen LogP contribution in [0.4, 0.5) is 4.39 Å². The summed E-state index contributed by atoms with van der Waals surface area (Å²) in [5.74, 6) is -0.492. The Bertz CT molecular complexity index is 573. The molecule has 0 aliphatic carbocycles. The van der Waals surface area contributed by atoms with Crippen LogP contribution in [0.15, 0.2) is 17.0 Å². The summed E-state index contributed by atoms with van der Waals surface area (Å²) in [6.07, 6.45) is 1.63. The van der Waals surface area contributed by atoms with Gasteiger partial charge in [-0.1, -0.05) is 20.3 Å². The van der Waals surface area contributed by atoms with Gasteiger partial charge in [0.25, 0.3) is 0 Å². The van der Waals surface area contributed by atoms with Gasteiger partial charge in [0.2, 0.25) is 10.0 Å². The maximum Gasteiger partial charge on any atom is 0.241 e. The Morgan fingerprint density at radius 2 is 1.95 bits per heavy atom. The molecule has 0 spiro atoms. The number of hydrogen-bond acceptors (Lipinski definition) is 3. The molecular formula is C15H25FN2O2S. The monoisotopic (exact) mass is 316 g/mol. The quantitative estimate of drug-likeness (QED) is 0.775. The first-order valence-electron chi connectivity index (χ1n) is 7.33. The molecule has 120 valence electrons. The fourth-order valence-corrected chi connectivity index (χ4v) is 3.76. The van der Waals surface area contributed by atoms with Gasteiger partial charge < -0.3 is 5.32 Å². The lowest BCUT2D eigenvalue weighted by atomic mass is 10.1. The highest BCUT2D eigenvalue weighted by atomic mass is 32.2. The summed E-state index contributed by atoms with van der Waals surface area (Å²) in [5.41, 5.74) is 0.787. The Labute approximate surface area is 127 Å². The molecule has 0 aliphatic rings. The summed E-state index contributed by atoms with van der Waals surface area (Å²) in [7, 11) is -3.70. The predicted molar refractivity (Wildman–Crippen MR) is 83.2 cm³/mol. The zero-order valence-corrected chi connectivity index (χ0v) is 14.0. The highest BCUT2D eigenvalue weighted by Gasteiger charge is 2.22. The third-order valence-corrected chi connectivity index (χ3v) is 5.02. The van der Waals surface area contributed by atoms with Crippen LogP contribution in [-0.4, -0.2) is 21.0 Å². The lowest BCUT2D eigenvalue weighted by molar-refractivity contribution is 0.540. The zero-order valence-electron chi connectivity index (χ0n) is 13.2. The third kappa shape index (κ3) is 5.05. The van der Waals surface area contributed by atoms with E-state index in [9.17, 15) is 12.8 Å². The van der Waals surface area contributed by atoms with E-state index >= 15 is 0 Å². The summed E-state index contributed by atoms with van der Waals surface area (Å²) >= 11 is 0. The average Bonchev–Trinajstić information content (AvgIpc) is 2.39. The van der Waals surface area contributed by atoms with Crippen LogP contribution < -0.4 is 10.0 Å². The number of halogens is 1. The molecule has 0 heterocycles. The standard InChI is InChI=1S/C15H25FN2O2S/c1-5-7-11(3)18-21(19,20)15-9-13(10-17-6-2)8-14(16)12(15)4/h8-9,11,17-18H,5-7,10H2,1-4H3. The number of sulfonamides is 1. The van der Waals surface area contributed by atoms with E-state index in [1.807, 2.05) is 20.8 Å². The molecule has 1 atom stereocenters. The second-order valence-electron chi connectivity index (χ2n) is 5.29. The Morgan fingerprint density at radius 3 is 2.52 bits per heavy atom. The molecule has 0 saturated heterocycles. The Kier molecular flexibility index (Phi) is 6.77. The van der Waals surface area contributed by atoms with E-state index in [0.717, 1.165) is 19.4 Å². The lowest BCUT2D eigenvalue weighted by Gasteiger charge is -2.16. The molecule has 1 aromatic carbocycles. The van der Waals surface area contributed by atoms with Crippen LogP contribution in [-0.2, 0) is 16.6 Å². The van der Waals surface area contributed by atoms with E-state index in [4.69, 9.17) is 0 Å². The van der Waals surface area contributed by atoms with E-state index in [1.54, 1.807) is 6.07 Å². The van der Waals surface area contributed by atoms with E-state index in [2.05, 4.69) is 10.0 Å². The van der Waals surface area contributed by atoms with Crippen LogP contribution >= 0.6 is 0 Å². The summed E-state index contributed by atoms with van der Waals surface area (Å²) < 4.78 is 41.4. The molecule has 1 rings (SSSR count). The van der Waals surface area contributed by atoms with Crippen LogP contribution in [0.1, 0.15) is 44.7 Å². The van der Waals surface area contributed by atoms with Gasteiger partial charge in [-0.15, -0.1) is 0 Å². The van der Waals surface area contributed by atoms with Crippen molar-refractivity contribution in [3.8, 4) is 0 Å². The smallest absolute Gasteiger partial charge is 0.241 e. The molecule has 21 heavy (non-hydrogen) atoms. The minimum absolute atomic E-state index is 0.0263. The largest absolute Gasteiger partial charge is 0.313 e. The van der Waals surface area contributed by atoms with Crippen LogP contribution in [0, 0.1) is 12.7 Å². The van der Waals surface area contributed by atoms with Crippen molar-refractivity contribution in [3.63, 3.8) is 0 Å². The van der Waals surface area contributed by atoms with Gasteiger partial charge in [-0.05, 0) is 44.5 Å². The van der Waals surface area contributed by atoms with Crippen molar-refractivity contribution in [1.29, 1.82) is 0 Å². The molecule has 4 nitrogen and oxygen atoms in total. The summed E-state index contributed by atoms with van der Waals surface area (Å²) in [4.78, 5) is 0.0263. The van der Waals surface area contributed by atoms with E-state index in [-0.39, 0.29) is 16.5 Å². The highest BCUT2D eigenvalue weighted by Crippen LogP contribution is 2.21. The summed E-state index contributed by atoms with van der Waals surface area (Å²) in [6, 6.07) is 2.76. The van der Waals surface area contributed by atoms with E-state index in [0.29, 0.717) is 12.1 Å². The molecule has 0 aromatic heterocycles. The van der Waals surface area contributed by atoms with Crippen molar-refractivity contribution in [2.45, 2.75) is 58.0 Å². The maximum atomic E-state index is 14.0. The van der Waals surface area contributed by atoms with Gasteiger partial charge in [-0.25, -0.2) is 17.5 Å². The van der Waals surface area contributed by atoms with Crippen molar-refractivity contribution in [2.75, 3.05) is 6.54 Å². The molecule has 0 bridgehead atoms. The van der Waals surface area contributed by atoms with Crippen LogP contribution in [0.2, 0.25) is 0 Å². The van der Waals surface area contributed by atoms with Crippen molar-refractivity contribution in [2.24, 2.45) is 0 Å². The topological polar surface area (TPSA) is 58.2 Å². The molecule has 0 radical (unpaired) electrons. The second kappa shape index (κ2) is 7.87. The number of hydrogen-bond donors (Lipinski definition) is 2. The Hall–Kier alpha value is -0.980. The molecular weight excluding hydrogens is 291 g/mol. The molecule has 1 aromatic rings. The van der Waals surface area contributed by atoms with Crippen molar-refractivity contribution in [1.82, 2.24) is 10.0 Å². The van der Waals surface area contributed by atoms with Crippen LogP contribution in [0.25, 0.3) is 0 Å². The summed E-state index contributed by atoms with van der Waals surface area (Å²) in [5, 5.41) is 3.07. The van der Waals surface area contributed by atoms with E-state index in [1.165, 1.54) is 13.0 Å². The van der Waals surface area contributed by atoms with Crippen molar-refractivity contribution < 1.29 is 12.8 Å². The maximum absolute atomic E-state index is 14.0. The third-order valence-electron chi connectivity index (χ3n) is 3.30. The van der Waals surface area contributed by atoms with Crippen LogP contribution in [0.5, 0.6) is 0 Å². The normalized spacial score (nSPS) is 13.4. The molecule has 0 fully saturated rings. The van der Waals surface area contributed by atoms with Gasteiger partial charge in [-0.3, -0.25) is 0 Å². The number of nitrogens with one attached hydrogen (secondary N) is 2. The minimum Gasteiger partial charge on any atom is -0.313 e. The number of rotatable bonds is 8. The van der Waals surface area contributed by atoms with Gasteiger partial charge in [0, 0.05) is 18.2 Å². The fourth-order valence-electron chi connectivity index (χ4n) is 2.18. The van der Waals surface area contributed by atoms with Crippen LogP contribution in [0.3, 0.4) is 0 Å². The SMILES string of the molecule is CCCC(C)NS(=O)(=O)c1cc(CNCC)cc(F)c1C. The fraction of sp³-hybridized carbons (Fsp3) is 0.600. The first-order valence-corrected chi connectivity index (χ1v) is 8.82. The molecule has 2 N–H and O–H groups in total. The minimum atomic E-state index is -3.70. The Morgan fingerprint density at radius 1 is 1.29 bits per heavy atom. The first kappa shape index (κ1) is 18.1. The molecule has 0 aliphatic heterocycles. The number of benzene rings is 1. The lowest BCUT2D eigenvalue weighted by Crippen LogP contribution is -2.33. The highest BCUT2D eigenvalue weighted by molar-refractivity contribution is 7.89. The van der Waals surface area contributed by atoms with Gasteiger partial charge in [0.05, 0.1) is 4.90 Å². The zero-order chi connectivity index (χ0) is 16.0. The Balaban J connectivity index is 3.12. The van der Waals surface area contributed by atoms with Gasteiger partial charge in [0.15, 0.2) is 0 Å². The van der Waals surface area contributed by atoms with E-state index < -0.39 is 15.8 Å². The molecule has 0 saturated carbocycles. The van der Waals surface area contributed by atoms with Gasteiger partial charge in [0.1, 0.15) is 5.82 Å². The molecule has 6 heteroatoms. The average molecular weight is 316 g/mol. The van der Waals surface area contributed by atoms with Crippen molar-refractivity contribution >= 4 is 10.0 Å². The first-order chi connectivity index (χ1) is 9.81.